The lowest BCUT2D eigenvalue weighted by Gasteiger charge is -2.57. The van der Waals surface area contributed by atoms with Gasteiger partial charge in [0.1, 0.15) is 5.78 Å². The van der Waals surface area contributed by atoms with E-state index in [0.717, 1.165) is 6.42 Å². The Morgan fingerprint density at radius 1 is 1.13 bits per heavy atom. The lowest BCUT2D eigenvalue weighted by molar-refractivity contribution is -0.125. The van der Waals surface area contributed by atoms with Crippen LogP contribution in [-0.2, 0) is 4.79 Å². The molecule has 0 aromatic heterocycles. The second kappa shape index (κ2) is 2.87. The average molecular weight is 208 g/mol. The molecular weight excluding hydrogens is 184 g/mol. The molecule has 3 atom stereocenters. The summed E-state index contributed by atoms with van der Waals surface area (Å²) in [6.07, 6.45) is 4.62. The van der Waals surface area contributed by atoms with Crippen molar-refractivity contribution in [1.29, 1.82) is 0 Å². The minimum Gasteiger partial charge on any atom is -0.299 e. The first-order valence-electron chi connectivity index (χ1n) is 6.27. The molecule has 0 unspecified atom stereocenters. The third-order valence-electron chi connectivity index (χ3n) is 6.10. The summed E-state index contributed by atoms with van der Waals surface area (Å²) in [6, 6.07) is 0. The van der Waals surface area contributed by atoms with Crippen LogP contribution in [-0.4, -0.2) is 5.78 Å². The lowest BCUT2D eigenvalue weighted by atomic mass is 9.47. The van der Waals surface area contributed by atoms with E-state index in [1.807, 2.05) is 0 Å². The quantitative estimate of drug-likeness (QED) is 0.591. The van der Waals surface area contributed by atoms with Gasteiger partial charge in [-0.1, -0.05) is 41.0 Å². The van der Waals surface area contributed by atoms with E-state index in [2.05, 4.69) is 34.6 Å². The van der Waals surface area contributed by atoms with E-state index < -0.39 is 0 Å². The molecule has 15 heavy (non-hydrogen) atoms. The maximum Gasteiger partial charge on any atom is 0.136 e. The van der Waals surface area contributed by atoms with Crippen molar-refractivity contribution in [3.8, 4) is 0 Å². The van der Waals surface area contributed by atoms with Gasteiger partial charge in [-0.2, -0.15) is 0 Å². The molecule has 0 radical (unpaired) electrons. The highest BCUT2D eigenvalue weighted by Gasteiger charge is 2.64. The van der Waals surface area contributed by atoms with Gasteiger partial charge < -0.3 is 0 Å². The van der Waals surface area contributed by atoms with E-state index in [1.54, 1.807) is 0 Å². The minimum absolute atomic E-state index is 0.204. The van der Waals surface area contributed by atoms with Crippen molar-refractivity contribution in [2.24, 2.45) is 22.2 Å². The van der Waals surface area contributed by atoms with Crippen LogP contribution in [0.2, 0.25) is 0 Å². The van der Waals surface area contributed by atoms with Gasteiger partial charge >= 0.3 is 0 Å². The van der Waals surface area contributed by atoms with Crippen LogP contribution >= 0.6 is 0 Å². The van der Waals surface area contributed by atoms with Crippen molar-refractivity contribution in [2.45, 2.75) is 60.3 Å². The summed E-state index contributed by atoms with van der Waals surface area (Å²) in [6.45, 7) is 11.6. The van der Waals surface area contributed by atoms with Crippen molar-refractivity contribution < 1.29 is 4.79 Å². The molecule has 2 rings (SSSR count). The van der Waals surface area contributed by atoms with E-state index in [1.165, 1.54) is 19.3 Å². The maximum atomic E-state index is 12.0. The van der Waals surface area contributed by atoms with E-state index in [-0.39, 0.29) is 16.7 Å². The molecule has 0 aliphatic heterocycles. The summed E-state index contributed by atoms with van der Waals surface area (Å²) in [7, 11) is 0. The molecule has 86 valence electrons. The summed E-state index contributed by atoms with van der Waals surface area (Å²) in [5.41, 5.74) is 0.770. The highest BCUT2D eigenvalue weighted by Crippen LogP contribution is 2.68. The fourth-order valence-electron chi connectivity index (χ4n) is 4.50. The predicted octanol–water partition coefficient (Wildman–Crippen LogP) is 3.82. The summed E-state index contributed by atoms with van der Waals surface area (Å²) in [4.78, 5) is 12.0. The van der Waals surface area contributed by atoms with Gasteiger partial charge in [-0.25, -0.2) is 0 Å². The molecule has 0 bridgehead atoms. The number of carbonyl (C=O) groups is 1. The van der Waals surface area contributed by atoms with Crippen molar-refractivity contribution >= 4 is 5.78 Å². The molecule has 0 heterocycles. The van der Waals surface area contributed by atoms with Crippen LogP contribution in [0.25, 0.3) is 0 Å². The topological polar surface area (TPSA) is 17.1 Å². The Morgan fingerprint density at radius 2 is 1.73 bits per heavy atom. The molecule has 2 aliphatic carbocycles. The smallest absolute Gasteiger partial charge is 0.136 e. The van der Waals surface area contributed by atoms with Crippen LogP contribution < -0.4 is 0 Å². The Labute approximate surface area is 93.6 Å². The Hall–Kier alpha value is -0.330. The predicted molar refractivity (Wildman–Crippen MR) is 62.6 cm³/mol. The van der Waals surface area contributed by atoms with Crippen molar-refractivity contribution in [3.63, 3.8) is 0 Å². The highest BCUT2D eigenvalue weighted by atomic mass is 16.1. The number of hydrogen-bond acceptors (Lipinski definition) is 1. The van der Waals surface area contributed by atoms with Crippen LogP contribution in [0.5, 0.6) is 0 Å². The summed E-state index contributed by atoms with van der Waals surface area (Å²) >= 11 is 0. The molecule has 0 spiro atoms. The Bertz CT molecular complexity index is 304. The van der Waals surface area contributed by atoms with Crippen molar-refractivity contribution in [3.05, 3.63) is 0 Å². The van der Waals surface area contributed by atoms with Crippen LogP contribution in [0.15, 0.2) is 0 Å². The molecule has 0 aromatic rings. The van der Waals surface area contributed by atoms with Crippen molar-refractivity contribution in [1.82, 2.24) is 0 Å². The minimum atomic E-state index is 0.204. The molecule has 2 saturated carbocycles. The Kier molecular flexibility index (Phi) is 2.13. The fraction of sp³-hybridized carbons (Fsp3) is 0.929. The molecule has 0 amide bonds. The average Bonchev–Trinajstić information content (AvgIpc) is 2.28. The van der Waals surface area contributed by atoms with E-state index in [4.69, 9.17) is 0 Å². The molecule has 0 aromatic carbocycles. The van der Waals surface area contributed by atoms with Gasteiger partial charge in [-0.05, 0) is 29.1 Å². The van der Waals surface area contributed by atoms with Gasteiger partial charge in [0.2, 0.25) is 0 Å². The SMILES string of the molecule is C[C@H]1C(=O)C[C@@]2(C)CCCC(C)(C)[C@@]12C. The second-order valence-corrected chi connectivity index (χ2v) is 6.87. The van der Waals surface area contributed by atoms with E-state index in [9.17, 15) is 4.79 Å². The Morgan fingerprint density at radius 3 is 2.27 bits per heavy atom. The second-order valence-electron chi connectivity index (χ2n) is 6.87. The number of hydrogen-bond donors (Lipinski definition) is 0. The number of Topliss-reactive ketones (excluding diaryl/α,β-unsaturated/α-hetero) is 1. The van der Waals surface area contributed by atoms with E-state index in [0.29, 0.717) is 11.2 Å². The molecule has 1 heteroatoms. The zero-order chi connectivity index (χ0) is 11.5. The molecule has 2 fully saturated rings. The monoisotopic (exact) mass is 208 g/mol. The third-order valence-corrected chi connectivity index (χ3v) is 6.10. The summed E-state index contributed by atoms with van der Waals surface area (Å²) in [5, 5.41) is 0. The molecule has 1 nitrogen and oxygen atoms in total. The molecule has 2 aliphatic rings. The fourth-order valence-corrected chi connectivity index (χ4v) is 4.50. The van der Waals surface area contributed by atoms with Crippen molar-refractivity contribution in [2.75, 3.05) is 0 Å². The molecule has 0 N–H and O–H groups in total. The van der Waals surface area contributed by atoms with Crippen LogP contribution in [0, 0.1) is 22.2 Å². The first-order valence-corrected chi connectivity index (χ1v) is 6.27. The van der Waals surface area contributed by atoms with Gasteiger partial charge in [0.25, 0.3) is 0 Å². The highest BCUT2D eigenvalue weighted by molar-refractivity contribution is 5.85. The van der Waals surface area contributed by atoms with Gasteiger partial charge in [0.05, 0.1) is 0 Å². The van der Waals surface area contributed by atoms with Gasteiger partial charge in [-0.15, -0.1) is 0 Å². The van der Waals surface area contributed by atoms with Gasteiger partial charge in [0, 0.05) is 12.3 Å². The number of fused-ring (bicyclic) bond motifs is 1. The summed E-state index contributed by atoms with van der Waals surface area (Å²) in [5.74, 6) is 0.743. The lowest BCUT2D eigenvalue weighted by Crippen LogP contribution is -2.50. The largest absolute Gasteiger partial charge is 0.299 e. The van der Waals surface area contributed by atoms with Crippen LogP contribution in [0.4, 0.5) is 0 Å². The van der Waals surface area contributed by atoms with Gasteiger partial charge in [0.15, 0.2) is 0 Å². The summed E-state index contributed by atoms with van der Waals surface area (Å²) < 4.78 is 0. The normalized spacial score (nSPS) is 49.1. The molecule has 0 saturated heterocycles. The zero-order valence-electron chi connectivity index (χ0n) is 10.8. The zero-order valence-corrected chi connectivity index (χ0v) is 10.8. The van der Waals surface area contributed by atoms with Gasteiger partial charge in [-0.3, -0.25) is 4.79 Å². The number of ketones is 1. The first kappa shape index (κ1) is 11.2. The van der Waals surface area contributed by atoms with E-state index >= 15 is 0 Å². The standard InChI is InChI=1S/C14H24O/c1-10-11(15)9-13(4)8-6-7-12(2,3)14(10,13)5/h10H,6-9H2,1-5H3/t10-,13+,14+/m0/s1. The van der Waals surface area contributed by atoms with Crippen LogP contribution in [0.1, 0.15) is 60.3 Å². The third kappa shape index (κ3) is 1.13. The molecular formula is C14H24O. The van der Waals surface area contributed by atoms with Crippen LogP contribution in [0.3, 0.4) is 0 Å². The number of rotatable bonds is 0. The first-order chi connectivity index (χ1) is 6.75. The maximum absolute atomic E-state index is 12.0. The Balaban J connectivity index is 2.53. The number of carbonyl (C=O) groups excluding carboxylic acids is 1.